The van der Waals surface area contributed by atoms with Crippen LogP contribution in [0, 0.1) is 0 Å². The quantitative estimate of drug-likeness (QED) is 0.0306. The van der Waals surface area contributed by atoms with Crippen molar-refractivity contribution in [1.29, 1.82) is 0 Å². The van der Waals surface area contributed by atoms with Crippen molar-refractivity contribution in [2.24, 2.45) is 0 Å². The molecule has 10 nitrogen and oxygen atoms in total. The number of rotatable bonds is 35. The van der Waals surface area contributed by atoms with Gasteiger partial charge in [0.2, 0.25) is 0 Å². The van der Waals surface area contributed by atoms with E-state index in [1.165, 1.54) is 88.6 Å². The van der Waals surface area contributed by atoms with Crippen molar-refractivity contribution in [3.63, 3.8) is 0 Å². The lowest BCUT2D eigenvalue weighted by molar-refractivity contribution is -0.870. The van der Waals surface area contributed by atoms with Crippen LogP contribution in [0.2, 0.25) is 0 Å². The normalized spacial score (nSPS) is 15.3. The fourth-order valence-corrected chi connectivity index (χ4v) is 8.20. The van der Waals surface area contributed by atoms with Gasteiger partial charge in [-0.1, -0.05) is 111 Å². The second-order valence-corrected chi connectivity index (χ2v) is 19.9. The van der Waals surface area contributed by atoms with Crippen molar-refractivity contribution in [3.05, 3.63) is 0 Å². The Bertz CT molecular complexity index is 631. The second-order valence-electron chi connectivity index (χ2n) is 14.3. The molecule has 278 valence electrons. The van der Waals surface area contributed by atoms with E-state index in [-0.39, 0.29) is 26.4 Å². The largest absolute Gasteiger partial charge is 0.606 e. The number of nitrogens with zero attached hydrogens (tertiary/aromatic N) is 2. The molecule has 0 aliphatic heterocycles. The summed E-state index contributed by atoms with van der Waals surface area (Å²) in [6.07, 6.45) is 21.4. The molecular weight excluding hydrogens is 666 g/mol. The highest BCUT2D eigenvalue weighted by Crippen LogP contribution is 2.48. The first kappa shape index (κ1) is 47.2. The van der Waals surface area contributed by atoms with Crippen LogP contribution < -0.4 is 9.79 Å². The molecule has 0 spiro atoms. The first-order valence-corrected chi connectivity index (χ1v) is 23.2. The minimum absolute atomic E-state index is 0.216. The molecule has 0 aliphatic carbocycles. The van der Waals surface area contributed by atoms with Crippen molar-refractivity contribution >= 4 is 37.9 Å². The molecule has 2 unspecified atom stereocenters. The van der Waals surface area contributed by atoms with E-state index in [0.717, 1.165) is 38.5 Å². The van der Waals surface area contributed by atoms with E-state index in [1.807, 2.05) is 63.9 Å². The average molecular weight is 739 g/mol. The fraction of sp³-hybridized carbons (Fsp3) is 1.00. The Morgan fingerprint density at radius 1 is 0.413 bits per heavy atom. The molecule has 0 saturated heterocycles. The highest BCUT2D eigenvalue weighted by atomic mass is 33.1. The van der Waals surface area contributed by atoms with Crippen LogP contribution in [0.1, 0.15) is 116 Å². The maximum absolute atomic E-state index is 11.9. The van der Waals surface area contributed by atoms with Crippen molar-refractivity contribution in [2.75, 3.05) is 93.3 Å². The van der Waals surface area contributed by atoms with Crippen LogP contribution in [0.5, 0.6) is 0 Å². The van der Waals surface area contributed by atoms with Crippen LogP contribution in [0.3, 0.4) is 0 Å². The van der Waals surface area contributed by atoms with Gasteiger partial charge in [-0.15, -0.1) is 0 Å². The SMILES string of the molecule is C[N+](C)(C)CCO[P+]([O-])(O)OCCCCCCCCCCCSSCCCCCCCCCCCO[P+]([O-])(O)OCC[N+](C)(C)C. The van der Waals surface area contributed by atoms with Gasteiger partial charge in [0.05, 0.1) is 55.5 Å². The minimum atomic E-state index is -3.91. The number of unbranched alkanes of at least 4 members (excludes halogenated alkanes) is 16. The summed E-state index contributed by atoms with van der Waals surface area (Å²) in [5.41, 5.74) is 0. The van der Waals surface area contributed by atoms with Gasteiger partial charge >= 0.3 is 16.3 Å². The molecule has 0 aromatic heterocycles. The van der Waals surface area contributed by atoms with Crippen LogP contribution in [-0.2, 0) is 18.1 Å². The van der Waals surface area contributed by atoms with Gasteiger partial charge in [0.1, 0.15) is 26.3 Å². The van der Waals surface area contributed by atoms with Gasteiger partial charge in [0.25, 0.3) is 0 Å². The van der Waals surface area contributed by atoms with Crippen molar-refractivity contribution < 1.29 is 46.6 Å². The lowest BCUT2D eigenvalue weighted by Gasteiger charge is -2.25. The summed E-state index contributed by atoms with van der Waals surface area (Å²) in [6, 6.07) is 0. The Balaban J connectivity index is 3.28. The van der Waals surface area contributed by atoms with E-state index >= 15 is 0 Å². The molecule has 0 bridgehead atoms. The molecule has 0 aromatic carbocycles. The van der Waals surface area contributed by atoms with Gasteiger partial charge in [-0.05, 0) is 25.7 Å². The maximum atomic E-state index is 11.9. The summed E-state index contributed by atoms with van der Waals surface area (Å²) in [5, 5.41) is 0. The predicted octanol–water partition coefficient (Wildman–Crippen LogP) is 6.93. The van der Waals surface area contributed by atoms with E-state index in [9.17, 15) is 19.6 Å². The third-order valence-corrected chi connectivity index (χ3v) is 12.0. The zero-order valence-electron chi connectivity index (χ0n) is 30.3. The fourth-order valence-electron chi connectivity index (χ4n) is 4.41. The first-order chi connectivity index (χ1) is 21.6. The summed E-state index contributed by atoms with van der Waals surface area (Å²) in [6.45, 7) is 2.31. The monoisotopic (exact) mass is 738 g/mol. The molecular formula is C32H72N2O8P2S2+2. The lowest BCUT2D eigenvalue weighted by atomic mass is 10.1. The van der Waals surface area contributed by atoms with Gasteiger partial charge in [0.15, 0.2) is 0 Å². The van der Waals surface area contributed by atoms with E-state index in [1.54, 1.807) is 0 Å². The Morgan fingerprint density at radius 3 is 0.935 bits per heavy atom. The molecule has 14 heteroatoms. The number of quaternary nitrogens is 2. The Hall–Kier alpha value is 1.16. The van der Waals surface area contributed by atoms with Gasteiger partial charge in [-0.25, -0.2) is 0 Å². The second kappa shape index (κ2) is 28.8. The maximum Gasteiger partial charge on any atom is 0.377 e. The predicted molar refractivity (Wildman–Crippen MR) is 196 cm³/mol. The van der Waals surface area contributed by atoms with Gasteiger partial charge < -0.3 is 18.8 Å². The standard InChI is InChI=1S/C32H70N2O8P2S2/c1-33(2,3)25-29-41-43(35,36)39-27-21-17-13-9-7-11-15-19-23-31-45-46-32-24-20-16-12-8-10-14-18-22-28-40-44(37,38)42-30-26-34(4,5)6/h7-32H2,1-6H3/p+2. The molecule has 0 rings (SSSR count). The molecule has 0 aromatic rings. The lowest BCUT2D eigenvalue weighted by Crippen LogP contribution is -2.38. The summed E-state index contributed by atoms with van der Waals surface area (Å²) in [5.74, 6) is 2.51. The number of hydrogen-bond donors (Lipinski definition) is 2. The molecule has 0 saturated carbocycles. The smallest absolute Gasteiger partial charge is 0.377 e. The van der Waals surface area contributed by atoms with Crippen LogP contribution in [0.25, 0.3) is 0 Å². The number of likely N-dealkylation sites (N-methyl/N-ethyl adjacent to an activating group) is 2. The third-order valence-electron chi connectivity index (χ3n) is 7.37. The Labute approximate surface area is 292 Å². The molecule has 0 heterocycles. The highest BCUT2D eigenvalue weighted by molar-refractivity contribution is 8.76. The summed E-state index contributed by atoms with van der Waals surface area (Å²) < 4.78 is 21.6. The van der Waals surface area contributed by atoms with E-state index in [4.69, 9.17) is 18.1 Å². The van der Waals surface area contributed by atoms with E-state index in [0.29, 0.717) is 22.1 Å². The van der Waals surface area contributed by atoms with Gasteiger partial charge in [0, 0.05) is 11.5 Å². The number of phosphoric ester groups is 2. The zero-order chi connectivity index (χ0) is 34.6. The summed E-state index contributed by atoms with van der Waals surface area (Å²) in [4.78, 5) is 43.2. The average Bonchev–Trinajstić information content (AvgIpc) is 2.93. The topological polar surface area (TPSA) is 124 Å². The molecule has 0 fully saturated rings. The number of phosphoric acid groups is 2. The van der Waals surface area contributed by atoms with Crippen LogP contribution >= 0.6 is 37.9 Å². The third kappa shape index (κ3) is 38.0. The highest BCUT2D eigenvalue weighted by Gasteiger charge is 2.28. The molecule has 0 amide bonds. The van der Waals surface area contributed by atoms with Gasteiger partial charge in [-0.2, -0.15) is 27.9 Å². The molecule has 2 atom stereocenters. The van der Waals surface area contributed by atoms with Gasteiger partial charge in [-0.3, -0.25) is 0 Å². The molecule has 46 heavy (non-hydrogen) atoms. The van der Waals surface area contributed by atoms with Crippen LogP contribution in [0.4, 0.5) is 0 Å². The first-order valence-electron chi connectivity index (χ1n) is 17.7. The zero-order valence-corrected chi connectivity index (χ0v) is 33.8. The Kier molecular flexibility index (Phi) is 29.5. The Morgan fingerprint density at radius 2 is 0.652 bits per heavy atom. The molecule has 0 radical (unpaired) electrons. The van der Waals surface area contributed by atoms with Crippen molar-refractivity contribution in [3.8, 4) is 0 Å². The summed E-state index contributed by atoms with van der Waals surface area (Å²) in [7, 11) is 8.30. The number of hydrogen-bond acceptors (Lipinski definition) is 10. The minimum Gasteiger partial charge on any atom is -0.606 e. The molecule has 0 aliphatic rings. The summed E-state index contributed by atoms with van der Waals surface area (Å²) >= 11 is 0. The van der Waals surface area contributed by atoms with E-state index < -0.39 is 16.3 Å². The van der Waals surface area contributed by atoms with Crippen LogP contribution in [-0.4, -0.2) is 112 Å². The van der Waals surface area contributed by atoms with Crippen LogP contribution in [0.15, 0.2) is 0 Å². The van der Waals surface area contributed by atoms with Crippen molar-refractivity contribution in [2.45, 2.75) is 116 Å². The van der Waals surface area contributed by atoms with E-state index in [2.05, 4.69) is 0 Å². The molecule has 2 N–H and O–H groups in total. The van der Waals surface area contributed by atoms with Crippen molar-refractivity contribution in [1.82, 2.24) is 0 Å².